The van der Waals surface area contributed by atoms with Crippen LogP contribution in [-0.4, -0.2) is 25.9 Å². The molecule has 0 aromatic heterocycles. The molecule has 0 radical (unpaired) electrons. The number of halogens is 2. The van der Waals surface area contributed by atoms with Gasteiger partial charge >= 0.3 is 27.3 Å². The van der Waals surface area contributed by atoms with Crippen LogP contribution >= 0.6 is 45.2 Å². The number of hydrogen-bond donors (Lipinski definition) is 0. The quantitative estimate of drug-likeness (QED) is 0.274. The molecular weight excluding hydrogens is 670 g/mol. The molecule has 6 nitrogen and oxygen atoms in total. The molecule has 0 heterocycles. The van der Waals surface area contributed by atoms with Crippen molar-refractivity contribution in [1.82, 2.24) is 0 Å². The fourth-order valence-corrected chi connectivity index (χ4v) is 2.86. The van der Waals surface area contributed by atoms with Gasteiger partial charge in [-0.05, 0) is 93.7 Å². The van der Waals surface area contributed by atoms with Gasteiger partial charge in [-0.15, -0.1) is 0 Å². The summed E-state index contributed by atoms with van der Waals surface area (Å²) in [7, 11) is -8.55. The molecule has 0 saturated heterocycles. The minimum absolute atomic E-state index is 0. The van der Waals surface area contributed by atoms with Gasteiger partial charge in [0.2, 0.25) is 0 Å². The van der Waals surface area contributed by atoms with Gasteiger partial charge in [0.25, 0.3) is 0 Å². The largest absolute Gasteiger partial charge is 2.00 e. The van der Waals surface area contributed by atoms with Crippen LogP contribution in [0, 0.1) is 7.14 Å². The summed E-state index contributed by atoms with van der Waals surface area (Å²) < 4.78 is 64.1. The van der Waals surface area contributed by atoms with E-state index in [-0.39, 0.29) is 37.1 Å². The van der Waals surface area contributed by atoms with E-state index in [4.69, 9.17) is 0 Å². The topological polar surface area (TPSA) is 114 Å². The van der Waals surface area contributed by atoms with Crippen LogP contribution in [0.15, 0.2) is 58.3 Å². The second kappa shape index (κ2) is 9.95. The van der Waals surface area contributed by atoms with Crippen LogP contribution in [0.4, 0.5) is 0 Å². The van der Waals surface area contributed by atoms with Crippen molar-refractivity contribution < 1.29 is 53.2 Å². The van der Waals surface area contributed by atoms with E-state index in [1.807, 2.05) is 45.2 Å². The number of benzene rings is 2. The first kappa shape index (κ1) is 23.6. The van der Waals surface area contributed by atoms with Crippen molar-refractivity contribution in [2.45, 2.75) is 9.79 Å². The molecule has 0 fully saturated rings. The Kier molecular flexibility index (Phi) is 10.2. The molecule has 2 aromatic carbocycles. The molecule has 0 aliphatic carbocycles. The van der Waals surface area contributed by atoms with E-state index in [1.165, 1.54) is 24.3 Å². The summed E-state index contributed by atoms with van der Waals surface area (Å²) in [6.07, 6.45) is 0. The van der Waals surface area contributed by atoms with Gasteiger partial charge < -0.3 is 9.11 Å². The smallest absolute Gasteiger partial charge is 0.744 e. The molecule has 0 aliphatic heterocycles. The van der Waals surface area contributed by atoms with Gasteiger partial charge in [0.15, 0.2) is 0 Å². The molecule has 0 N–H and O–H groups in total. The SMILES string of the molecule is O=S(=O)([O-])c1ccc(I)cc1.O=S(=O)([O-])c1ccc(I)cc1.[Cd+2]. The summed E-state index contributed by atoms with van der Waals surface area (Å²) in [5.41, 5.74) is 0. The Balaban J connectivity index is 0.000000403. The fraction of sp³-hybridized carbons (Fsp3) is 0. The number of rotatable bonds is 2. The zero-order chi connectivity index (χ0) is 17.0. The van der Waals surface area contributed by atoms with Crippen molar-refractivity contribution >= 4 is 65.4 Å². The van der Waals surface area contributed by atoms with Gasteiger partial charge in [0.1, 0.15) is 20.2 Å². The van der Waals surface area contributed by atoms with Gasteiger partial charge in [0, 0.05) is 7.14 Å². The van der Waals surface area contributed by atoms with Crippen molar-refractivity contribution in [3.8, 4) is 0 Å². The van der Waals surface area contributed by atoms with Gasteiger partial charge in [-0.2, -0.15) is 0 Å². The molecule has 0 unspecified atom stereocenters. The third-order valence-electron chi connectivity index (χ3n) is 2.20. The molecule has 120 valence electrons. The predicted molar refractivity (Wildman–Crippen MR) is 94.2 cm³/mol. The minimum Gasteiger partial charge on any atom is -0.744 e. The predicted octanol–water partition coefficient (Wildman–Crippen LogP) is 2.39. The summed E-state index contributed by atoms with van der Waals surface area (Å²) in [5, 5.41) is 0. The Morgan fingerprint density at radius 2 is 0.826 bits per heavy atom. The van der Waals surface area contributed by atoms with Crippen molar-refractivity contribution in [3.63, 3.8) is 0 Å². The van der Waals surface area contributed by atoms with Crippen LogP contribution < -0.4 is 0 Å². The Hall–Kier alpha value is 0.642. The second-order valence-corrected chi connectivity index (χ2v) is 9.07. The van der Waals surface area contributed by atoms with Crippen LogP contribution in [-0.2, 0) is 47.5 Å². The van der Waals surface area contributed by atoms with Crippen molar-refractivity contribution in [2.75, 3.05) is 0 Å². The Labute approximate surface area is 182 Å². The van der Waals surface area contributed by atoms with Gasteiger partial charge in [-0.3, -0.25) is 0 Å². The number of hydrogen-bond acceptors (Lipinski definition) is 6. The van der Waals surface area contributed by atoms with Crippen LogP contribution in [0.25, 0.3) is 0 Å². The van der Waals surface area contributed by atoms with Crippen LogP contribution in [0.2, 0.25) is 0 Å². The van der Waals surface area contributed by atoms with E-state index in [1.54, 1.807) is 24.3 Å². The van der Waals surface area contributed by atoms with E-state index in [0.29, 0.717) is 0 Å². The third kappa shape index (κ3) is 9.05. The third-order valence-corrected chi connectivity index (χ3v) is 5.34. The maximum atomic E-state index is 10.4. The van der Waals surface area contributed by atoms with Crippen LogP contribution in [0.3, 0.4) is 0 Å². The Bertz CT molecular complexity index is 761. The summed E-state index contributed by atoms with van der Waals surface area (Å²) in [6.45, 7) is 0. The first-order valence-corrected chi connectivity index (χ1v) is 10.4. The van der Waals surface area contributed by atoms with Crippen LogP contribution in [0.5, 0.6) is 0 Å². The first-order valence-electron chi connectivity index (χ1n) is 5.43. The second-order valence-electron chi connectivity index (χ2n) is 3.82. The zero-order valence-electron chi connectivity index (χ0n) is 11.3. The van der Waals surface area contributed by atoms with E-state index in [9.17, 15) is 25.9 Å². The Morgan fingerprint density at radius 1 is 0.609 bits per heavy atom. The maximum Gasteiger partial charge on any atom is 2.00 e. The molecule has 2 rings (SSSR count). The maximum absolute atomic E-state index is 10.4. The average Bonchev–Trinajstić information content (AvgIpc) is 2.38. The van der Waals surface area contributed by atoms with E-state index < -0.39 is 20.2 Å². The molecule has 2 aromatic rings. The standard InChI is InChI=1S/2C6H5IO3S.Cd/c2*7-5-1-3-6(4-2-5)11(8,9)10;/h2*1-4H,(H,8,9,10);/q;;+2/p-2. The van der Waals surface area contributed by atoms with Crippen LogP contribution in [0.1, 0.15) is 0 Å². The van der Waals surface area contributed by atoms with Crippen molar-refractivity contribution in [1.29, 1.82) is 0 Å². The van der Waals surface area contributed by atoms with E-state index >= 15 is 0 Å². The molecule has 11 heteroatoms. The van der Waals surface area contributed by atoms with Gasteiger partial charge in [0.05, 0.1) is 9.79 Å². The molecule has 0 atom stereocenters. The fourth-order valence-electron chi connectivity index (χ4n) is 1.20. The molecule has 23 heavy (non-hydrogen) atoms. The van der Waals surface area contributed by atoms with Gasteiger partial charge in [-0.1, -0.05) is 0 Å². The molecule has 0 amide bonds. The monoisotopic (exact) mass is 680 g/mol. The van der Waals surface area contributed by atoms with E-state index in [0.717, 1.165) is 7.14 Å². The molecule has 0 saturated carbocycles. The summed E-state index contributed by atoms with van der Waals surface area (Å²) >= 11 is 4.06. The Morgan fingerprint density at radius 3 is 1.00 bits per heavy atom. The van der Waals surface area contributed by atoms with E-state index in [2.05, 4.69) is 0 Å². The minimum atomic E-state index is -4.27. The summed E-state index contributed by atoms with van der Waals surface area (Å²) in [5.74, 6) is 0. The molecule has 0 bridgehead atoms. The van der Waals surface area contributed by atoms with Crippen molar-refractivity contribution in [3.05, 3.63) is 55.7 Å². The normalized spacial score (nSPS) is 11.0. The molecule has 0 aliphatic rings. The molecule has 0 spiro atoms. The summed E-state index contributed by atoms with van der Waals surface area (Å²) in [4.78, 5) is -0.365. The average molecular weight is 679 g/mol. The zero-order valence-corrected chi connectivity index (χ0v) is 21.3. The van der Waals surface area contributed by atoms with Crippen molar-refractivity contribution in [2.24, 2.45) is 0 Å². The summed E-state index contributed by atoms with van der Waals surface area (Å²) in [6, 6.07) is 11.5. The van der Waals surface area contributed by atoms with Gasteiger partial charge in [-0.25, -0.2) is 16.8 Å². The molecular formula is C12H8CdI2O6S2. The first-order chi connectivity index (χ1) is 10.00.